The van der Waals surface area contributed by atoms with Gasteiger partial charge in [-0.25, -0.2) is 9.18 Å². The molecule has 102 valence electrons. The molecule has 0 N–H and O–H groups in total. The van der Waals surface area contributed by atoms with E-state index in [1.54, 1.807) is 19.9 Å². The van der Waals surface area contributed by atoms with Crippen LogP contribution in [0.2, 0.25) is 0 Å². The molecule has 0 atom stereocenters. The number of hydrogen-bond acceptors (Lipinski definition) is 5. The predicted octanol–water partition coefficient (Wildman–Crippen LogP) is 2.84. The molecule has 0 spiro atoms. The molecule has 0 saturated heterocycles. The molecule has 5 nitrogen and oxygen atoms in total. The monoisotopic (exact) mass is 274 g/mol. The zero-order valence-corrected chi connectivity index (χ0v) is 10.9. The second-order valence-corrected chi connectivity index (χ2v) is 4.01. The highest BCUT2D eigenvalue weighted by Crippen LogP contribution is 2.27. The smallest absolute Gasteiger partial charge is 0.360 e. The van der Waals surface area contributed by atoms with E-state index in [1.165, 1.54) is 18.2 Å². The molecular weight excluding hydrogens is 263 g/mol. The van der Waals surface area contributed by atoms with Crippen LogP contribution in [-0.4, -0.2) is 17.7 Å². The molecule has 2 rings (SSSR count). The molecule has 0 aliphatic heterocycles. The summed E-state index contributed by atoms with van der Waals surface area (Å²) in [6.07, 6.45) is 0. The lowest BCUT2D eigenvalue weighted by Gasteiger charge is -2.00. The van der Waals surface area contributed by atoms with Gasteiger partial charge in [0.2, 0.25) is 0 Å². The van der Waals surface area contributed by atoms with Crippen molar-refractivity contribution in [3.8, 4) is 17.4 Å². The number of aromatic nitrogens is 1. The van der Waals surface area contributed by atoms with Gasteiger partial charge in [-0.15, -0.1) is 0 Å². The first-order valence-corrected chi connectivity index (χ1v) is 5.91. The summed E-state index contributed by atoms with van der Waals surface area (Å²) in [5.74, 6) is -0.968. The third-order valence-electron chi connectivity index (χ3n) is 2.74. The van der Waals surface area contributed by atoms with E-state index >= 15 is 0 Å². The van der Waals surface area contributed by atoms with Crippen LogP contribution in [0.5, 0.6) is 0 Å². The Morgan fingerprint density at radius 2 is 2.30 bits per heavy atom. The van der Waals surface area contributed by atoms with E-state index in [0.717, 1.165) is 0 Å². The van der Waals surface area contributed by atoms with Gasteiger partial charge in [-0.3, -0.25) is 0 Å². The molecule has 0 amide bonds. The van der Waals surface area contributed by atoms with E-state index in [4.69, 9.17) is 14.5 Å². The first kappa shape index (κ1) is 13.7. The van der Waals surface area contributed by atoms with Crippen LogP contribution >= 0.6 is 0 Å². The van der Waals surface area contributed by atoms with E-state index in [9.17, 15) is 9.18 Å². The molecule has 0 fully saturated rings. The van der Waals surface area contributed by atoms with E-state index in [0.29, 0.717) is 11.1 Å². The number of carbonyl (C=O) groups excluding carboxylic acids is 1. The predicted molar refractivity (Wildman–Crippen MR) is 67.3 cm³/mol. The van der Waals surface area contributed by atoms with Gasteiger partial charge < -0.3 is 9.26 Å². The third-order valence-corrected chi connectivity index (χ3v) is 2.74. The number of nitriles is 1. The summed E-state index contributed by atoms with van der Waals surface area (Å²) in [4.78, 5) is 11.6. The fourth-order valence-electron chi connectivity index (χ4n) is 1.74. The summed E-state index contributed by atoms with van der Waals surface area (Å²) in [7, 11) is 0. The van der Waals surface area contributed by atoms with E-state index < -0.39 is 11.8 Å². The summed E-state index contributed by atoms with van der Waals surface area (Å²) in [5, 5.41) is 12.3. The number of nitrogens with zero attached hydrogens (tertiary/aromatic N) is 2. The van der Waals surface area contributed by atoms with Crippen LogP contribution in [0.1, 0.15) is 28.5 Å². The quantitative estimate of drug-likeness (QED) is 0.804. The average Bonchev–Trinajstić information content (AvgIpc) is 2.81. The highest BCUT2D eigenvalue weighted by Gasteiger charge is 2.21. The van der Waals surface area contributed by atoms with Gasteiger partial charge in [0.15, 0.2) is 11.5 Å². The molecule has 20 heavy (non-hydrogen) atoms. The normalized spacial score (nSPS) is 10.1. The number of esters is 1. The van der Waals surface area contributed by atoms with Crippen molar-refractivity contribution < 1.29 is 18.4 Å². The van der Waals surface area contributed by atoms with E-state index in [1.807, 2.05) is 0 Å². The Hall–Kier alpha value is -2.68. The van der Waals surface area contributed by atoms with Gasteiger partial charge in [0.1, 0.15) is 11.9 Å². The van der Waals surface area contributed by atoms with Crippen molar-refractivity contribution in [1.29, 1.82) is 5.26 Å². The van der Waals surface area contributed by atoms with Gasteiger partial charge in [0.25, 0.3) is 0 Å². The van der Waals surface area contributed by atoms with Gasteiger partial charge >= 0.3 is 5.97 Å². The van der Waals surface area contributed by atoms with Crippen LogP contribution in [-0.2, 0) is 4.74 Å². The Kier molecular flexibility index (Phi) is 3.80. The lowest BCUT2D eigenvalue weighted by molar-refractivity contribution is 0.0514. The summed E-state index contributed by atoms with van der Waals surface area (Å²) in [6, 6.07) is 5.78. The number of rotatable bonds is 3. The van der Waals surface area contributed by atoms with Crippen LogP contribution in [0.3, 0.4) is 0 Å². The van der Waals surface area contributed by atoms with Crippen molar-refractivity contribution in [1.82, 2.24) is 5.16 Å². The second-order valence-electron chi connectivity index (χ2n) is 4.01. The Morgan fingerprint density at radius 3 is 2.90 bits per heavy atom. The third kappa shape index (κ3) is 2.38. The molecule has 0 unspecified atom stereocenters. The molecule has 1 aromatic carbocycles. The maximum Gasteiger partial charge on any atom is 0.360 e. The second kappa shape index (κ2) is 5.53. The van der Waals surface area contributed by atoms with Gasteiger partial charge in [0, 0.05) is 11.1 Å². The minimum absolute atomic E-state index is 0.0588. The molecule has 6 heteroatoms. The van der Waals surface area contributed by atoms with Crippen molar-refractivity contribution in [3.05, 3.63) is 40.8 Å². The zero-order valence-electron chi connectivity index (χ0n) is 10.9. The van der Waals surface area contributed by atoms with Crippen molar-refractivity contribution in [2.45, 2.75) is 13.8 Å². The lowest BCUT2D eigenvalue weighted by atomic mass is 10.1. The lowest BCUT2D eigenvalue weighted by Crippen LogP contribution is -2.06. The Bertz CT molecular complexity index is 701. The Labute approximate surface area is 114 Å². The van der Waals surface area contributed by atoms with Gasteiger partial charge in [-0.1, -0.05) is 5.16 Å². The highest BCUT2D eigenvalue weighted by atomic mass is 19.1. The molecule has 0 radical (unpaired) electrons. The van der Waals surface area contributed by atoms with Gasteiger partial charge in [-0.05, 0) is 32.0 Å². The molecule has 0 bridgehead atoms. The van der Waals surface area contributed by atoms with Gasteiger partial charge in [-0.2, -0.15) is 5.26 Å². The number of halogens is 1. The zero-order chi connectivity index (χ0) is 14.7. The topological polar surface area (TPSA) is 76.1 Å². The maximum atomic E-state index is 13.6. The highest BCUT2D eigenvalue weighted by molar-refractivity contribution is 5.90. The number of carbonyl (C=O) groups is 1. The SMILES string of the molecule is CCOC(=O)c1noc(-c2ccc(C#N)c(F)c2)c1C. The summed E-state index contributed by atoms with van der Waals surface area (Å²) in [5.41, 5.74) is 0.873. The molecule has 1 aromatic heterocycles. The minimum atomic E-state index is -0.654. The maximum absolute atomic E-state index is 13.6. The summed E-state index contributed by atoms with van der Waals surface area (Å²) < 4.78 is 23.5. The Morgan fingerprint density at radius 1 is 1.55 bits per heavy atom. The molecule has 0 aliphatic carbocycles. The van der Waals surface area contributed by atoms with Crippen LogP contribution < -0.4 is 0 Å². The van der Waals surface area contributed by atoms with Crippen LogP contribution in [0.25, 0.3) is 11.3 Å². The number of ether oxygens (including phenoxy) is 1. The summed E-state index contributed by atoms with van der Waals surface area (Å²) >= 11 is 0. The fourth-order valence-corrected chi connectivity index (χ4v) is 1.74. The number of benzene rings is 1. The molecule has 1 heterocycles. The fraction of sp³-hybridized carbons (Fsp3) is 0.214. The van der Waals surface area contributed by atoms with E-state index in [-0.39, 0.29) is 23.6 Å². The molecular formula is C14H11FN2O3. The van der Waals surface area contributed by atoms with Gasteiger partial charge in [0.05, 0.1) is 12.2 Å². The average molecular weight is 274 g/mol. The van der Waals surface area contributed by atoms with Crippen LogP contribution in [0.4, 0.5) is 4.39 Å². The first-order chi connectivity index (χ1) is 9.58. The van der Waals surface area contributed by atoms with Crippen LogP contribution in [0.15, 0.2) is 22.7 Å². The van der Waals surface area contributed by atoms with Crippen molar-refractivity contribution in [3.63, 3.8) is 0 Å². The first-order valence-electron chi connectivity index (χ1n) is 5.91. The van der Waals surface area contributed by atoms with E-state index in [2.05, 4.69) is 5.16 Å². The molecule has 2 aromatic rings. The Balaban J connectivity index is 2.42. The molecule has 0 aliphatic rings. The van der Waals surface area contributed by atoms with Crippen molar-refractivity contribution in [2.75, 3.05) is 6.61 Å². The number of hydrogen-bond donors (Lipinski definition) is 0. The standard InChI is InChI=1S/C14H11FN2O3/c1-3-19-14(18)12-8(2)13(20-17-12)9-4-5-10(7-16)11(15)6-9/h4-6H,3H2,1-2H3. The minimum Gasteiger partial charge on any atom is -0.461 e. The molecule has 0 saturated carbocycles. The van der Waals surface area contributed by atoms with Crippen LogP contribution in [0, 0.1) is 24.1 Å². The van der Waals surface area contributed by atoms with Crippen molar-refractivity contribution >= 4 is 5.97 Å². The largest absolute Gasteiger partial charge is 0.461 e. The van der Waals surface area contributed by atoms with Crippen molar-refractivity contribution in [2.24, 2.45) is 0 Å². The summed E-state index contributed by atoms with van der Waals surface area (Å²) in [6.45, 7) is 3.55.